The van der Waals surface area contributed by atoms with Gasteiger partial charge in [0.25, 0.3) is 0 Å². The summed E-state index contributed by atoms with van der Waals surface area (Å²) in [5, 5.41) is 0. The fourth-order valence-corrected chi connectivity index (χ4v) is 6.47. The molecule has 4 nitrogen and oxygen atoms in total. The molecule has 0 aromatic heterocycles. The van der Waals surface area contributed by atoms with E-state index in [0.717, 1.165) is 65.0 Å². The lowest BCUT2D eigenvalue weighted by Gasteiger charge is -2.18. The Balaban J connectivity index is 3.55. The van der Waals surface area contributed by atoms with Gasteiger partial charge in [0.05, 0.1) is 0 Å². The van der Waals surface area contributed by atoms with Crippen molar-refractivity contribution >= 4 is 19.0 Å². The molecule has 0 fully saturated rings. The molecule has 170 valence electrons. The predicted molar refractivity (Wildman–Crippen MR) is 127 cm³/mol. The van der Waals surface area contributed by atoms with Crippen LogP contribution in [0.1, 0.15) is 79.1 Å². The van der Waals surface area contributed by atoms with Crippen LogP contribution in [0.4, 0.5) is 0 Å². The summed E-state index contributed by atoms with van der Waals surface area (Å²) in [7, 11) is 0.131. The number of ether oxygens (including phenoxy) is 4. The van der Waals surface area contributed by atoms with E-state index in [9.17, 15) is 0 Å². The standard InChI is InChI=1S/C22H50O4Si2/c1-5-13-23-21(24-14-6-2)11-19-27-17-9-10-18-28-20-12-22(25-15-7-3)26-16-8-4/h21-22H,5-20,27-28H2,1-4H3. The highest BCUT2D eigenvalue weighted by Gasteiger charge is 2.09. The van der Waals surface area contributed by atoms with Gasteiger partial charge in [0.1, 0.15) is 0 Å². The van der Waals surface area contributed by atoms with Gasteiger partial charge in [-0.25, -0.2) is 0 Å². The first-order valence-corrected chi connectivity index (χ1v) is 16.2. The molecule has 0 N–H and O–H groups in total. The molecule has 0 aromatic rings. The van der Waals surface area contributed by atoms with Crippen LogP contribution in [0.5, 0.6) is 0 Å². The van der Waals surface area contributed by atoms with Crippen molar-refractivity contribution in [3.05, 3.63) is 0 Å². The monoisotopic (exact) mass is 434 g/mol. The van der Waals surface area contributed by atoms with Crippen molar-refractivity contribution in [3.8, 4) is 0 Å². The molecule has 0 aliphatic rings. The van der Waals surface area contributed by atoms with Crippen LogP contribution in [0.25, 0.3) is 0 Å². The summed E-state index contributed by atoms with van der Waals surface area (Å²) >= 11 is 0. The average Bonchev–Trinajstić information content (AvgIpc) is 2.72. The molecule has 0 radical (unpaired) electrons. The quantitative estimate of drug-likeness (QED) is 0.130. The van der Waals surface area contributed by atoms with E-state index < -0.39 is 0 Å². The van der Waals surface area contributed by atoms with Crippen molar-refractivity contribution in [3.63, 3.8) is 0 Å². The van der Waals surface area contributed by atoms with E-state index >= 15 is 0 Å². The molecule has 0 amide bonds. The van der Waals surface area contributed by atoms with Crippen LogP contribution in [0.2, 0.25) is 24.2 Å². The van der Waals surface area contributed by atoms with E-state index in [4.69, 9.17) is 18.9 Å². The van der Waals surface area contributed by atoms with Crippen LogP contribution < -0.4 is 0 Å². The summed E-state index contributed by atoms with van der Waals surface area (Å²) in [5.41, 5.74) is 0. The second-order valence-corrected chi connectivity index (χ2v) is 12.0. The van der Waals surface area contributed by atoms with Gasteiger partial charge in [-0.2, -0.15) is 0 Å². The summed E-state index contributed by atoms with van der Waals surface area (Å²) in [5.74, 6) is 0. The average molecular weight is 435 g/mol. The van der Waals surface area contributed by atoms with Gasteiger partial charge in [-0.05, 0) is 38.5 Å². The molecular weight excluding hydrogens is 384 g/mol. The zero-order valence-electron chi connectivity index (χ0n) is 19.5. The van der Waals surface area contributed by atoms with E-state index in [2.05, 4.69) is 27.7 Å². The van der Waals surface area contributed by atoms with Gasteiger partial charge in [0.15, 0.2) is 12.6 Å². The minimum Gasteiger partial charge on any atom is -0.353 e. The third-order valence-electron chi connectivity index (χ3n) is 4.66. The normalized spacial score (nSPS) is 12.6. The van der Waals surface area contributed by atoms with Gasteiger partial charge >= 0.3 is 0 Å². The van der Waals surface area contributed by atoms with Crippen LogP contribution >= 0.6 is 0 Å². The van der Waals surface area contributed by atoms with Crippen LogP contribution in [0.15, 0.2) is 0 Å². The Labute approximate surface area is 180 Å². The van der Waals surface area contributed by atoms with Crippen molar-refractivity contribution in [1.82, 2.24) is 0 Å². The lowest BCUT2D eigenvalue weighted by atomic mass is 10.4. The zero-order valence-corrected chi connectivity index (χ0v) is 22.3. The Morgan fingerprint density at radius 1 is 0.500 bits per heavy atom. The highest BCUT2D eigenvalue weighted by molar-refractivity contribution is 6.36. The molecule has 0 spiro atoms. The van der Waals surface area contributed by atoms with Crippen LogP contribution in [-0.4, -0.2) is 58.0 Å². The van der Waals surface area contributed by atoms with Crippen molar-refractivity contribution < 1.29 is 18.9 Å². The Hall–Kier alpha value is 0.274. The largest absolute Gasteiger partial charge is 0.353 e. The maximum Gasteiger partial charge on any atom is 0.157 e. The smallest absolute Gasteiger partial charge is 0.157 e. The highest BCUT2D eigenvalue weighted by Crippen LogP contribution is 2.11. The van der Waals surface area contributed by atoms with E-state index in [1.165, 1.54) is 37.0 Å². The van der Waals surface area contributed by atoms with Gasteiger partial charge in [-0.15, -0.1) is 0 Å². The molecule has 0 unspecified atom stereocenters. The first-order chi connectivity index (χ1) is 13.8. The summed E-state index contributed by atoms with van der Waals surface area (Å²) in [6, 6.07) is 5.70. The highest BCUT2D eigenvalue weighted by atomic mass is 28.2. The minimum atomic E-state index is 0.0533. The maximum absolute atomic E-state index is 5.82. The zero-order chi connectivity index (χ0) is 20.7. The molecule has 0 aliphatic heterocycles. The second-order valence-electron chi connectivity index (χ2n) is 7.75. The van der Waals surface area contributed by atoms with Gasteiger partial charge in [0.2, 0.25) is 0 Å². The lowest BCUT2D eigenvalue weighted by Crippen LogP contribution is -2.19. The van der Waals surface area contributed by atoms with Crippen molar-refractivity contribution in [2.45, 2.75) is 116 Å². The molecule has 0 saturated heterocycles. The Morgan fingerprint density at radius 3 is 1.11 bits per heavy atom. The van der Waals surface area contributed by atoms with Gasteiger partial charge in [0, 0.05) is 45.5 Å². The van der Waals surface area contributed by atoms with Crippen molar-refractivity contribution in [1.29, 1.82) is 0 Å². The molecule has 6 heteroatoms. The third kappa shape index (κ3) is 19.6. The number of hydrogen-bond acceptors (Lipinski definition) is 4. The van der Waals surface area contributed by atoms with Gasteiger partial charge in [-0.3, -0.25) is 0 Å². The molecule has 0 saturated carbocycles. The molecule has 0 aliphatic carbocycles. The fraction of sp³-hybridized carbons (Fsp3) is 1.00. The first-order valence-electron chi connectivity index (χ1n) is 12.2. The molecular formula is C22H50O4Si2. The van der Waals surface area contributed by atoms with Crippen molar-refractivity contribution in [2.24, 2.45) is 0 Å². The number of rotatable bonds is 23. The Kier molecular flexibility index (Phi) is 23.8. The topological polar surface area (TPSA) is 36.9 Å². The van der Waals surface area contributed by atoms with E-state index in [1.807, 2.05) is 0 Å². The second kappa shape index (κ2) is 23.6. The van der Waals surface area contributed by atoms with Gasteiger partial charge < -0.3 is 18.9 Å². The summed E-state index contributed by atoms with van der Waals surface area (Å²) in [6.45, 7) is 11.9. The van der Waals surface area contributed by atoms with E-state index in [-0.39, 0.29) is 31.6 Å². The fourth-order valence-electron chi connectivity index (χ4n) is 3.11. The Bertz CT molecular complexity index is 252. The molecule has 0 atom stereocenters. The van der Waals surface area contributed by atoms with E-state index in [0.29, 0.717) is 0 Å². The predicted octanol–water partition coefficient (Wildman–Crippen LogP) is 4.92. The summed E-state index contributed by atoms with van der Waals surface area (Å²) < 4.78 is 23.3. The number of hydrogen-bond donors (Lipinski definition) is 0. The Morgan fingerprint density at radius 2 is 0.821 bits per heavy atom. The van der Waals surface area contributed by atoms with Crippen LogP contribution in [-0.2, 0) is 18.9 Å². The lowest BCUT2D eigenvalue weighted by molar-refractivity contribution is -0.143. The molecule has 28 heavy (non-hydrogen) atoms. The summed E-state index contributed by atoms with van der Waals surface area (Å²) in [6.07, 6.45) is 9.50. The first kappa shape index (κ1) is 28.3. The molecule has 0 aromatic carbocycles. The number of unbranched alkanes of at least 4 members (excludes halogenated alkanes) is 1. The minimum absolute atomic E-state index is 0.0533. The van der Waals surface area contributed by atoms with Crippen LogP contribution in [0, 0.1) is 0 Å². The molecule has 0 rings (SSSR count). The molecule has 0 bridgehead atoms. The maximum atomic E-state index is 5.82. The molecule has 0 heterocycles. The van der Waals surface area contributed by atoms with Crippen LogP contribution in [0.3, 0.4) is 0 Å². The third-order valence-corrected chi connectivity index (χ3v) is 8.48. The summed E-state index contributed by atoms with van der Waals surface area (Å²) in [4.78, 5) is 0. The van der Waals surface area contributed by atoms with Crippen molar-refractivity contribution in [2.75, 3.05) is 26.4 Å². The SMILES string of the molecule is CCCOC(CC[SiH2]CCCC[SiH2]CCC(OCCC)OCCC)OCCC. The van der Waals surface area contributed by atoms with Gasteiger partial charge in [-0.1, -0.05) is 64.7 Å². The van der Waals surface area contributed by atoms with E-state index in [1.54, 1.807) is 0 Å².